The molecule has 0 aliphatic carbocycles. The van der Waals surface area contributed by atoms with Crippen molar-refractivity contribution in [3.05, 3.63) is 28.8 Å². The summed E-state index contributed by atoms with van der Waals surface area (Å²) in [4.78, 5) is 0.141. The van der Waals surface area contributed by atoms with Gasteiger partial charge in [-0.3, -0.25) is 0 Å². The number of nitrogens with zero attached hydrogens (tertiary/aromatic N) is 1. The van der Waals surface area contributed by atoms with E-state index in [1.807, 2.05) is 6.92 Å². The summed E-state index contributed by atoms with van der Waals surface area (Å²) in [6.07, 6.45) is 2.46. The zero-order valence-corrected chi connectivity index (χ0v) is 10.8. The van der Waals surface area contributed by atoms with E-state index < -0.39 is 10.0 Å². The summed E-state index contributed by atoms with van der Waals surface area (Å²) >= 11 is 0. The first-order valence-corrected chi connectivity index (χ1v) is 7.01. The monoisotopic (exact) mass is 252 g/mol. The lowest BCUT2D eigenvalue weighted by atomic mass is 9.99. The third-order valence-corrected chi connectivity index (χ3v) is 3.76. The largest absolute Gasteiger partial charge is 0.238 e. The Labute approximate surface area is 102 Å². The molecule has 0 fully saturated rings. The van der Waals surface area contributed by atoms with Crippen molar-refractivity contribution >= 4 is 10.0 Å². The minimum absolute atomic E-state index is 0.141. The fourth-order valence-electron chi connectivity index (χ4n) is 1.78. The predicted octanol–water partition coefficient (Wildman–Crippen LogP) is 1.86. The van der Waals surface area contributed by atoms with Crippen molar-refractivity contribution < 1.29 is 8.42 Å². The van der Waals surface area contributed by atoms with Crippen LogP contribution in [0.3, 0.4) is 0 Å². The number of hydrogen-bond acceptors (Lipinski definition) is 3. The molecule has 0 unspecified atom stereocenters. The van der Waals surface area contributed by atoms with Crippen molar-refractivity contribution in [2.45, 2.75) is 38.0 Å². The molecule has 0 heterocycles. The van der Waals surface area contributed by atoms with Crippen LogP contribution in [0.25, 0.3) is 0 Å². The number of nitrogens with two attached hydrogens (primary N) is 1. The van der Waals surface area contributed by atoms with E-state index >= 15 is 0 Å². The molecule has 0 aliphatic rings. The van der Waals surface area contributed by atoms with Gasteiger partial charge in [0.25, 0.3) is 0 Å². The molecule has 0 atom stereocenters. The van der Waals surface area contributed by atoms with E-state index in [9.17, 15) is 8.42 Å². The summed E-state index contributed by atoms with van der Waals surface area (Å²) in [6, 6.07) is 4.98. The van der Waals surface area contributed by atoms with Crippen LogP contribution in [0.4, 0.5) is 0 Å². The normalized spacial score (nSPS) is 11.2. The van der Waals surface area contributed by atoms with E-state index in [2.05, 4.69) is 6.07 Å². The van der Waals surface area contributed by atoms with E-state index in [1.54, 1.807) is 6.92 Å². The van der Waals surface area contributed by atoms with E-state index in [4.69, 9.17) is 10.4 Å². The van der Waals surface area contributed by atoms with Gasteiger partial charge in [0.05, 0.1) is 16.5 Å². The van der Waals surface area contributed by atoms with Crippen molar-refractivity contribution in [2.24, 2.45) is 5.14 Å². The van der Waals surface area contributed by atoms with Gasteiger partial charge < -0.3 is 0 Å². The molecule has 0 amide bonds. The molecule has 0 radical (unpaired) electrons. The molecule has 1 aromatic carbocycles. The number of sulfonamides is 1. The first-order valence-electron chi connectivity index (χ1n) is 5.47. The summed E-state index contributed by atoms with van der Waals surface area (Å²) < 4.78 is 22.9. The Morgan fingerprint density at radius 1 is 1.41 bits per heavy atom. The smallest absolute Gasteiger partial charge is 0.225 e. The van der Waals surface area contributed by atoms with E-state index in [0.717, 1.165) is 12.8 Å². The Kier molecular flexibility index (Phi) is 4.27. The molecule has 2 N–H and O–H groups in total. The van der Waals surface area contributed by atoms with Gasteiger partial charge in [-0.15, -0.1) is 0 Å². The zero-order chi connectivity index (χ0) is 13.1. The summed E-state index contributed by atoms with van der Waals surface area (Å²) in [6.45, 7) is 3.79. The van der Waals surface area contributed by atoms with Crippen LogP contribution in [0.1, 0.15) is 36.5 Å². The molecule has 5 heteroatoms. The second kappa shape index (κ2) is 5.30. The van der Waals surface area contributed by atoms with Crippen molar-refractivity contribution in [2.75, 3.05) is 0 Å². The summed E-state index contributed by atoms with van der Waals surface area (Å²) in [5.41, 5.74) is 1.89. The highest BCUT2D eigenvalue weighted by Crippen LogP contribution is 2.23. The van der Waals surface area contributed by atoms with Gasteiger partial charge in [0.1, 0.15) is 0 Å². The van der Waals surface area contributed by atoms with Crippen molar-refractivity contribution in [3.8, 4) is 6.07 Å². The van der Waals surface area contributed by atoms with Crippen molar-refractivity contribution in [1.82, 2.24) is 0 Å². The van der Waals surface area contributed by atoms with Crippen molar-refractivity contribution in [1.29, 1.82) is 5.26 Å². The van der Waals surface area contributed by atoms with Gasteiger partial charge in [-0.05, 0) is 43.0 Å². The summed E-state index contributed by atoms with van der Waals surface area (Å²) in [7, 11) is -3.72. The van der Waals surface area contributed by atoms with Gasteiger partial charge >= 0.3 is 0 Å². The minimum atomic E-state index is -3.72. The Bertz CT molecular complexity index is 557. The van der Waals surface area contributed by atoms with Gasteiger partial charge in [-0.2, -0.15) is 5.26 Å². The van der Waals surface area contributed by atoms with Crippen LogP contribution in [0, 0.1) is 18.3 Å². The Morgan fingerprint density at radius 2 is 2.06 bits per heavy atom. The minimum Gasteiger partial charge on any atom is -0.225 e. The van der Waals surface area contributed by atoms with Gasteiger partial charge in [0.15, 0.2) is 0 Å². The number of rotatable bonds is 4. The summed E-state index contributed by atoms with van der Waals surface area (Å²) in [5.74, 6) is 0. The van der Waals surface area contributed by atoms with Crippen LogP contribution in [0.15, 0.2) is 17.0 Å². The maximum atomic E-state index is 11.5. The lowest BCUT2D eigenvalue weighted by Gasteiger charge is -2.11. The molecule has 0 bridgehead atoms. The van der Waals surface area contributed by atoms with Gasteiger partial charge in [-0.25, -0.2) is 13.6 Å². The highest BCUT2D eigenvalue weighted by Gasteiger charge is 2.17. The standard InChI is InChI=1S/C12H16N2O2S/c1-3-4-5-11-9(2)10(8-13)6-7-12(11)17(14,15)16/h6-7H,3-5H2,1-2H3,(H2,14,15,16). The average molecular weight is 252 g/mol. The molecule has 0 spiro atoms. The first kappa shape index (κ1) is 13.7. The van der Waals surface area contributed by atoms with Gasteiger partial charge in [-0.1, -0.05) is 13.3 Å². The van der Waals surface area contributed by atoms with Crippen molar-refractivity contribution in [3.63, 3.8) is 0 Å². The fourth-order valence-corrected chi connectivity index (χ4v) is 2.64. The van der Waals surface area contributed by atoms with E-state index in [1.165, 1.54) is 12.1 Å². The van der Waals surface area contributed by atoms with E-state index in [0.29, 0.717) is 23.1 Å². The Hall–Kier alpha value is -1.38. The molecule has 17 heavy (non-hydrogen) atoms. The highest BCUT2D eigenvalue weighted by atomic mass is 32.2. The van der Waals surface area contributed by atoms with Crippen LogP contribution in [0.2, 0.25) is 0 Å². The second-order valence-corrected chi connectivity index (χ2v) is 5.51. The fraction of sp³-hybridized carbons (Fsp3) is 0.417. The molecule has 0 aliphatic heterocycles. The third kappa shape index (κ3) is 3.05. The average Bonchev–Trinajstić information content (AvgIpc) is 2.25. The molecule has 1 rings (SSSR count). The van der Waals surface area contributed by atoms with Crippen LogP contribution >= 0.6 is 0 Å². The lowest BCUT2D eigenvalue weighted by molar-refractivity contribution is 0.596. The zero-order valence-electron chi connectivity index (χ0n) is 10.0. The number of benzene rings is 1. The van der Waals surface area contributed by atoms with Crippen LogP contribution in [0.5, 0.6) is 0 Å². The maximum Gasteiger partial charge on any atom is 0.238 e. The Morgan fingerprint density at radius 3 is 2.53 bits per heavy atom. The number of primary sulfonamides is 1. The highest BCUT2D eigenvalue weighted by molar-refractivity contribution is 7.89. The Balaban J connectivity index is 3.42. The van der Waals surface area contributed by atoms with E-state index in [-0.39, 0.29) is 4.90 Å². The quantitative estimate of drug-likeness (QED) is 0.887. The molecule has 4 nitrogen and oxygen atoms in total. The molecule has 0 saturated carbocycles. The molecule has 0 saturated heterocycles. The predicted molar refractivity (Wildman–Crippen MR) is 65.9 cm³/mol. The molecule has 92 valence electrons. The molecular weight excluding hydrogens is 236 g/mol. The first-order chi connectivity index (χ1) is 7.91. The van der Waals surface area contributed by atoms with Crippen LogP contribution in [-0.2, 0) is 16.4 Å². The van der Waals surface area contributed by atoms with Crippen LogP contribution < -0.4 is 5.14 Å². The van der Waals surface area contributed by atoms with Gasteiger partial charge in [0, 0.05) is 0 Å². The second-order valence-electron chi connectivity index (χ2n) is 3.98. The lowest BCUT2D eigenvalue weighted by Crippen LogP contribution is -2.16. The third-order valence-electron chi connectivity index (χ3n) is 2.76. The maximum absolute atomic E-state index is 11.5. The molecule has 1 aromatic rings. The SMILES string of the molecule is CCCCc1c(S(N)(=O)=O)ccc(C#N)c1C. The topological polar surface area (TPSA) is 84.0 Å². The van der Waals surface area contributed by atoms with Crippen LogP contribution in [-0.4, -0.2) is 8.42 Å². The van der Waals surface area contributed by atoms with Gasteiger partial charge in [0.2, 0.25) is 10.0 Å². The molecule has 0 aromatic heterocycles. The molecular formula is C12H16N2O2S. The number of nitriles is 1. The number of hydrogen-bond donors (Lipinski definition) is 1. The summed E-state index contributed by atoms with van der Waals surface area (Å²) in [5, 5.41) is 14.1. The number of unbranched alkanes of at least 4 members (excludes halogenated alkanes) is 1.